The molecule has 0 radical (unpaired) electrons. The lowest BCUT2D eigenvalue weighted by atomic mass is 10.00. The first kappa shape index (κ1) is 23.6. The predicted octanol–water partition coefficient (Wildman–Crippen LogP) is 3.88. The average Bonchev–Trinajstić information content (AvgIpc) is 2.77. The molecule has 0 bridgehead atoms. The highest BCUT2D eigenvalue weighted by Gasteiger charge is 2.46. The molecule has 2 aliphatic heterocycles. The van der Waals surface area contributed by atoms with Crippen LogP contribution in [0.15, 0.2) is 65.4 Å². The summed E-state index contributed by atoms with van der Waals surface area (Å²) in [5.41, 5.74) is 0.813. The van der Waals surface area contributed by atoms with E-state index in [0.29, 0.717) is 10.0 Å². The standard InChI is InChI=1S/C23H23Cl2N3O4S/c1-15(2)26-14-21-27(33(31,32)19-9-7-18(25)8-10-19)12-11-22(29)28(21)20(23(26)30)13-16-3-5-17(24)6-4-16/h3-10,14-15,20H,11-13H2,1-2H3. The summed E-state index contributed by atoms with van der Waals surface area (Å²) in [6.07, 6.45) is 1.67. The van der Waals surface area contributed by atoms with E-state index in [0.717, 1.165) is 5.56 Å². The smallest absolute Gasteiger partial charge is 0.265 e. The summed E-state index contributed by atoms with van der Waals surface area (Å²) in [5, 5.41) is 0.980. The molecule has 1 atom stereocenters. The second-order valence-electron chi connectivity index (χ2n) is 8.22. The maximum absolute atomic E-state index is 13.5. The fraction of sp³-hybridized carbons (Fsp3) is 0.304. The fourth-order valence-electron chi connectivity index (χ4n) is 4.01. The number of carbonyl (C=O) groups is 2. The Morgan fingerprint density at radius 2 is 1.55 bits per heavy atom. The maximum Gasteiger partial charge on any atom is 0.265 e. The molecular formula is C23H23Cl2N3O4S. The van der Waals surface area contributed by atoms with Crippen molar-refractivity contribution in [2.75, 3.05) is 6.54 Å². The van der Waals surface area contributed by atoms with Crippen molar-refractivity contribution in [2.45, 2.75) is 43.7 Å². The number of nitrogens with zero attached hydrogens (tertiary/aromatic N) is 3. The van der Waals surface area contributed by atoms with Crippen LogP contribution in [0.5, 0.6) is 0 Å². The van der Waals surface area contributed by atoms with E-state index in [1.54, 1.807) is 24.3 Å². The van der Waals surface area contributed by atoms with Crippen molar-refractivity contribution < 1.29 is 18.0 Å². The molecule has 0 aromatic heterocycles. The second-order valence-corrected chi connectivity index (χ2v) is 11.0. The zero-order valence-corrected chi connectivity index (χ0v) is 20.4. The third-order valence-corrected chi connectivity index (χ3v) is 8.03. The highest BCUT2D eigenvalue weighted by Crippen LogP contribution is 2.34. The third kappa shape index (κ3) is 4.47. The van der Waals surface area contributed by atoms with Gasteiger partial charge in [0.1, 0.15) is 11.9 Å². The van der Waals surface area contributed by atoms with E-state index >= 15 is 0 Å². The normalized spacial score (nSPS) is 19.1. The third-order valence-electron chi connectivity index (χ3n) is 5.71. The van der Waals surface area contributed by atoms with Gasteiger partial charge in [-0.15, -0.1) is 0 Å². The highest BCUT2D eigenvalue weighted by atomic mass is 35.5. The Labute approximate surface area is 203 Å². The van der Waals surface area contributed by atoms with Gasteiger partial charge in [0.2, 0.25) is 11.8 Å². The van der Waals surface area contributed by atoms with Crippen LogP contribution in [-0.4, -0.2) is 53.0 Å². The lowest BCUT2D eigenvalue weighted by Gasteiger charge is -2.46. The summed E-state index contributed by atoms with van der Waals surface area (Å²) in [6, 6.07) is 11.8. The number of hydrogen-bond acceptors (Lipinski definition) is 4. The van der Waals surface area contributed by atoms with Crippen LogP contribution in [0, 0.1) is 0 Å². The number of sulfonamides is 1. The molecule has 0 spiro atoms. The second kappa shape index (κ2) is 9.00. The summed E-state index contributed by atoms with van der Waals surface area (Å²) in [7, 11) is -3.98. The van der Waals surface area contributed by atoms with Gasteiger partial charge in [-0.05, 0) is 55.8 Å². The van der Waals surface area contributed by atoms with Crippen LogP contribution in [-0.2, 0) is 26.0 Å². The first-order chi connectivity index (χ1) is 15.6. The minimum atomic E-state index is -3.98. The van der Waals surface area contributed by atoms with Crippen molar-refractivity contribution in [1.82, 2.24) is 14.1 Å². The van der Waals surface area contributed by atoms with Gasteiger partial charge in [-0.25, -0.2) is 12.7 Å². The Hall–Kier alpha value is -2.55. The van der Waals surface area contributed by atoms with E-state index in [1.807, 2.05) is 13.8 Å². The van der Waals surface area contributed by atoms with E-state index < -0.39 is 16.1 Å². The monoisotopic (exact) mass is 507 g/mol. The predicted molar refractivity (Wildman–Crippen MR) is 126 cm³/mol. The van der Waals surface area contributed by atoms with Crippen LogP contribution in [0.1, 0.15) is 25.8 Å². The first-order valence-corrected chi connectivity index (χ1v) is 12.7. The van der Waals surface area contributed by atoms with Gasteiger partial charge in [0.05, 0.1) is 4.90 Å². The van der Waals surface area contributed by atoms with Crippen molar-refractivity contribution >= 4 is 45.0 Å². The molecule has 7 nitrogen and oxygen atoms in total. The summed E-state index contributed by atoms with van der Waals surface area (Å²) >= 11 is 11.9. The first-order valence-electron chi connectivity index (χ1n) is 10.5. The number of amides is 2. The van der Waals surface area contributed by atoms with E-state index in [-0.39, 0.29) is 48.0 Å². The average molecular weight is 508 g/mol. The Kier molecular flexibility index (Phi) is 6.44. The molecule has 2 aromatic carbocycles. The highest BCUT2D eigenvalue weighted by molar-refractivity contribution is 7.89. The number of fused-ring (bicyclic) bond motifs is 1. The maximum atomic E-state index is 13.5. The zero-order valence-electron chi connectivity index (χ0n) is 18.1. The summed E-state index contributed by atoms with van der Waals surface area (Å²) in [6.45, 7) is 3.67. The van der Waals surface area contributed by atoms with Crippen LogP contribution < -0.4 is 0 Å². The van der Waals surface area contributed by atoms with Gasteiger partial charge in [0.25, 0.3) is 10.0 Å². The number of carbonyl (C=O) groups excluding carboxylic acids is 2. The van der Waals surface area contributed by atoms with Crippen molar-refractivity contribution in [3.8, 4) is 0 Å². The molecule has 10 heteroatoms. The van der Waals surface area contributed by atoms with Gasteiger partial charge >= 0.3 is 0 Å². The number of rotatable bonds is 5. The van der Waals surface area contributed by atoms with Gasteiger partial charge in [0.15, 0.2) is 0 Å². The van der Waals surface area contributed by atoms with Crippen molar-refractivity contribution in [3.05, 3.63) is 76.2 Å². The lowest BCUT2D eigenvalue weighted by molar-refractivity contribution is -0.148. The van der Waals surface area contributed by atoms with E-state index in [4.69, 9.17) is 23.2 Å². The van der Waals surface area contributed by atoms with Crippen molar-refractivity contribution in [2.24, 2.45) is 0 Å². The number of benzene rings is 2. The Morgan fingerprint density at radius 1 is 0.970 bits per heavy atom. The lowest BCUT2D eigenvalue weighted by Crippen LogP contribution is -2.61. The van der Waals surface area contributed by atoms with Gasteiger partial charge in [0, 0.05) is 41.7 Å². The molecule has 174 valence electrons. The molecule has 0 N–H and O–H groups in total. The molecule has 0 saturated carbocycles. The molecule has 2 aromatic rings. The molecule has 1 unspecified atom stereocenters. The molecule has 2 heterocycles. The number of hydrogen-bond donors (Lipinski definition) is 0. The summed E-state index contributed by atoms with van der Waals surface area (Å²) in [4.78, 5) is 29.3. The Balaban J connectivity index is 1.79. The Bertz CT molecular complexity index is 1210. The molecule has 4 rings (SSSR count). The van der Waals surface area contributed by atoms with Gasteiger partial charge in [-0.1, -0.05) is 35.3 Å². The minimum absolute atomic E-state index is 0.0140. The molecule has 33 heavy (non-hydrogen) atoms. The van der Waals surface area contributed by atoms with E-state index in [2.05, 4.69) is 0 Å². The number of halogens is 2. The molecular weight excluding hydrogens is 485 g/mol. The fourth-order valence-corrected chi connectivity index (χ4v) is 5.71. The molecule has 2 aliphatic rings. The minimum Gasteiger partial charge on any atom is -0.311 e. The van der Waals surface area contributed by atoms with Crippen LogP contribution in [0.4, 0.5) is 0 Å². The molecule has 1 saturated heterocycles. The largest absolute Gasteiger partial charge is 0.311 e. The van der Waals surface area contributed by atoms with Crippen LogP contribution in [0.25, 0.3) is 0 Å². The van der Waals surface area contributed by atoms with Crippen molar-refractivity contribution in [3.63, 3.8) is 0 Å². The van der Waals surface area contributed by atoms with Crippen molar-refractivity contribution in [1.29, 1.82) is 0 Å². The Morgan fingerprint density at radius 3 is 2.12 bits per heavy atom. The topological polar surface area (TPSA) is 78.0 Å². The van der Waals surface area contributed by atoms with Crippen LogP contribution in [0.3, 0.4) is 0 Å². The van der Waals surface area contributed by atoms with Gasteiger partial charge < -0.3 is 4.90 Å². The molecule has 0 aliphatic carbocycles. The quantitative estimate of drug-likeness (QED) is 0.615. The van der Waals surface area contributed by atoms with Gasteiger partial charge in [-0.2, -0.15) is 0 Å². The molecule has 2 amide bonds. The van der Waals surface area contributed by atoms with Gasteiger partial charge in [-0.3, -0.25) is 14.5 Å². The van der Waals surface area contributed by atoms with Crippen LogP contribution in [0.2, 0.25) is 10.0 Å². The van der Waals surface area contributed by atoms with E-state index in [1.165, 1.54) is 44.6 Å². The summed E-state index contributed by atoms with van der Waals surface area (Å²) < 4.78 is 28.2. The van der Waals surface area contributed by atoms with Crippen LogP contribution >= 0.6 is 23.2 Å². The zero-order chi connectivity index (χ0) is 23.9. The molecule has 1 fully saturated rings. The summed E-state index contributed by atoms with van der Waals surface area (Å²) in [5.74, 6) is -0.379. The SMILES string of the molecule is CC(C)N1C=C2N(C(=O)CCN2S(=O)(=O)c2ccc(Cl)cc2)C(Cc2ccc(Cl)cc2)C1=O. The van der Waals surface area contributed by atoms with E-state index in [9.17, 15) is 18.0 Å².